The lowest BCUT2D eigenvalue weighted by Gasteiger charge is -2.37. The number of rotatable bonds is 5. The van der Waals surface area contributed by atoms with Gasteiger partial charge < -0.3 is 5.73 Å². The minimum atomic E-state index is -0.875. The van der Waals surface area contributed by atoms with Gasteiger partial charge in [-0.05, 0) is 46.3 Å². The highest BCUT2D eigenvalue weighted by atomic mass is 32.1. The average Bonchev–Trinajstić information content (AvgIpc) is 3.60. The highest BCUT2D eigenvalue weighted by molar-refractivity contribution is 7.22. The molecule has 188 valence electrons. The zero-order chi connectivity index (χ0) is 26.4. The Morgan fingerprint density at radius 3 is 1.77 bits per heavy atom. The van der Waals surface area contributed by atoms with Crippen LogP contribution in [0.5, 0.6) is 0 Å². The second-order valence-electron chi connectivity index (χ2n) is 9.58. The van der Waals surface area contributed by atoms with Crippen LogP contribution in [0.2, 0.25) is 0 Å². The Labute approximate surface area is 229 Å². The van der Waals surface area contributed by atoms with Gasteiger partial charge in [0.2, 0.25) is 0 Å². The van der Waals surface area contributed by atoms with E-state index in [-0.39, 0.29) is 5.69 Å². The molecule has 0 atom stereocenters. The average molecular weight is 526 g/mol. The second-order valence-corrected chi connectivity index (χ2v) is 10.7. The molecule has 2 heterocycles. The maximum absolute atomic E-state index is 16.0. The fourth-order valence-corrected chi connectivity index (χ4v) is 6.67. The van der Waals surface area contributed by atoms with E-state index in [4.69, 9.17) is 10.8 Å². The van der Waals surface area contributed by atoms with Crippen LogP contribution in [0.25, 0.3) is 31.6 Å². The van der Waals surface area contributed by atoms with Crippen LogP contribution < -0.4 is 5.73 Å². The number of fused-ring (bicyclic) bond motifs is 2. The number of nitrogens with zero attached hydrogens (tertiary/aromatic N) is 2. The molecule has 7 rings (SSSR count). The molecule has 0 aliphatic heterocycles. The van der Waals surface area contributed by atoms with Crippen molar-refractivity contribution in [3.8, 4) is 10.6 Å². The number of nitrogen functional groups attached to an aromatic ring is 1. The van der Waals surface area contributed by atoms with Gasteiger partial charge in [0, 0.05) is 4.70 Å². The number of anilines is 1. The van der Waals surface area contributed by atoms with Crippen LogP contribution in [0.1, 0.15) is 16.7 Å². The topological polar surface area (TPSA) is 43.8 Å². The summed E-state index contributed by atoms with van der Waals surface area (Å²) < 4.78 is 19.2. The van der Waals surface area contributed by atoms with Crippen molar-refractivity contribution in [2.45, 2.75) is 5.54 Å². The van der Waals surface area contributed by atoms with Gasteiger partial charge in [-0.15, -0.1) is 11.3 Å². The molecule has 2 N–H and O–H groups in total. The minimum absolute atomic E-state index is 0.106. The molecule has 0 saturated carbocycles. The molecule has 0 fully saturated rings. The molecule has 39 heavy (non-hydrogen) atoms. The number of thiophene rings is 1. The third-order valence-corrected chi connectivity index (χ3v) is 8.49. The molecule has 0 amide bonds. The van der Waals surface area contributed by atoms with Crippen molar-refractivity contribution in [2.75, 3.05) is 5.73 Å². The summed E-state index contributed by atoms with van der Waals surface area (Å²) >= 11 is 1.61. The lowest BCUT2D eigenvalue weighted by atomic mass is 9.77. The first kappa shape index (κ1) is 23.4. The molecule has 0 aliphatic carbocycles. The quantitative estimate of drug-likeness (QED) is 0.181. The molecule has 0 aliphatic rings. The third-order valence-electron chi connectivity index (χ3n) is 7.37. The van der Waals surface area contributed by atoms with E-state index in [0.29, 0.717) is 16.6 Å². The van der Waals surface area contributed by atoms with Crippen LogP contribution in [-0.2, 0) is 5.54 Å². The largest absolute Gasteiger partial charge is 0.396 e. The van der Waals surface area contributed by atoms with Crippen LogP contribution in [0, 0.1) is 5.82 Å². The van der Waals surface area contributed by atoms with Crippen LogP contribution in [0.15, 0.2) is 133 Å². The summed E-state index contributed by atoms with van der Waals surface area (Å²) in [5.41, 5.74) is 9.70. The first-order chi connectivity index (χ1) is 19.2. The number of halogens is 1. The van der Waals surface area contributed by atoms with E-state index in [1.807, 2.05) is 77.5 Å². The van der Waals surface area contributed by atoms with Gasteiger partial charge in [0.05, 0.1) is 21.5 Å². The molecule has 5 aromatic carbocycles. The maximum atomic E-state index is 16.0. The van der Waals surface area contributed by atoms with Gasteiger partial charge in [0.25, 0.3) is 0 Å². The SMILES string of the molecule is Nc1ccc2c(c(-c3cc4ccccc4s3)nn2C(c2ccccc2)(c2ccccc2)c2ccccc2)c1F. The number of hydrogen-bond acceptors (Lipinski definition) is 3. The molecule has 0 unspecified atom stereocenters. The first-order valence-electron chi connectivity index (χ1n) is 12.8. The number of hydrogen-bond donors (Lipinski definition) is 1. The molecular weight excluding hydrogens is 501 g/mol. The van der Waals surface area contributed by atoms with Crippen LogP contribution in [0.3, 0.4) is 0 Å². The Morgan fingerprint density at radius 1 is 0.667 bits per heavy atom. The van der Waals surface area contributed by atoms with Gasteiger partial charge in [-0.1, -0.05) is 109 Å². The Balaban J connectivity index is 1.66. The Hall–Kier alpha value is -4.74. The van der Waals surface area contributed by atoms with Gasteiger partial charge in [0.1, 0.15) is 11.2 Å². The number of aromatic nitrogens is 2. The fourth-order valence-electron chi connectivity index (χ4n) is 5.62. The van der Waals surface area contributed by atoms with Gasteiger partial charge in [-0.2, -0.15) is 5.10 Å². The summed E-state index contributed by atoms with van der Waals surface area (Å²) in [5.74, 6) is -0.450. The van der Waals surface area contributed by atoms with Crippen molar-refractivity contribution >= 4 is 38.0 Å². The normalized spacial score (nSPS) is 11.8. The third kappa shape index (κ3) is 3.58. The van der Waals surface area contributed by atoms with E-state index >= 15 is 4.39 Å². The summed E-state index contributed by atoms with van der Waals surface area (Å²) in [7, 11) is 0. The van der Waals surface area contributed by atoms with Gasteiger partial charge in [-0.3, -0.25) is 0 Å². The lowest BCUT2D eigenvalue weighted by molar-refractivity contribution is 0.477. The van der Waals surface area contributed by atoms with E-state index in [0.717, 1.165) is 31.7 Å². The number of nitrogens with two attached hydrogens (primary N) is 1. The summed E-state index contributed by atoms with van der Waals surface area (Å²) in [6.07, 6.45) is 0. The van der Waals surface area contributed by atoms with Gasteiger partial charge in [-0.25, -0.2) is 9.07 Å². The van der Waals surface area contributed by atoms with Crippen molar-refractivity contribution < 1.29 is 4.39 Å². The molecule has 3 nitrogen and oxygen atoms in total. The molecule has 0 saturated heterocycles. The monoisotopic (exact) mass is 525 g/mol. The minimum Gasteiger partial charge on any atom is -0.396 e. The molecule has 0 spiro atoms. The van der Waals surface area contributed by atoms with Crippen molar-refractivity contribution in [1.82, 2.24) is 9.78 Å². The molecule has 0 bridgehead atoms. The Bertz CT molecular complexity index is 1800. The van der Waals surface area contributed by atoms with E-state index in [9.17, 15) is 0 Å². The van der Waals surface area contributed by atoms with Crippen LogP contribution in [0.4, 0.5) is 10.1 Å². The van der Waals surface area contributed by atoms with Crippen LogP contribution in [-0.4, -0.2) is 9.78 Å². The lowest BCUT2D eigenvalue weighted by Crippen LogP contribution is -2.38. The molecule has 2 aromatic heterocycles. The van der Waals surface area contributed by atoms with Crippen molar-refractivity contribution in [3.63, 3.8) is 0 Å². The van der Waals surface area contributed by atoms with E-state index in [2.05, 4.69) is 54.6 Å². The number of benzene rings is 5. The standard InChI is InChI=1S/C34H24FN3S/c35-32-27(36)20-21-28-31(32)33(30-22-23-12-10-11-19-29(23)39-30)37-38(28)34(24-13-4-1-5-14-24,25-15-6-2-7-16-25)26-17-8-3-9-18-26/h1-22H,36H2. The van der Waals surface area contributed by atoms with E-state index < -0.39 is 11.4 Å². The second kappa shape index (κ2) is 9.22. The predicted octanol–water partition coefficient (Wildman–Crippen LogP) is 8.48. The maximum Gasteiger partial charge on any atom is 0.157 e. The molecular formula is C34H24FN3S. The smallest absolute Gasteiger partial charge is 0.157 e. The summed E-state index contributed by atoms with van der Waals surface area (Å²) in [6, 6.07) is 44.7. The van der Waals surface area contributed by atoms with Crippen molar-refractivity contribution in [3.05, 3.63) is 156 Å². The van der Waals surface area contributed by atoms with Gasteiger partial charge >= 0.3 is 0 Å². The van der Waals surface area contributed by atoms with E-state index in [1.54, 1.807) is 17.4 Å². The molecule has 5 heteroatoms. The summed E-state index contributed by atoms with van der Waals surface area (Å²) in [4.78, 5) is 0.896. The molecule has 0 radical (unpaired) electrons. The summed E-state index contributed by atoms with van der Waals surface area (Å²) in [5, 5.41) is 6.82. The van der Waals surface area contributed by atoms with Crippen LogP contribution >= 0.6 is 11.3 Å². The Morgan fingerprint density at radius 2 is 1.21 bits per heavy atom. The van der Waals surface area contributed by atoms with Crippen molar-refractivity contribution in [1.29, 1.82) is 0 Å². The van der Waals surface area contributed by atoms with E-state index in [1.165, 1.54) is 0 Å². The highest BCUT2D eigenvalue weighted by Crippen LogP contribution is 2.46. The zero-order valence-electron chi connectivity index (χ0n) is 21.0. The zero-order valence-corrected chi connectivity index (χ0v) is 21.8. The first-order valence-corrected chi connectivity index (χ1v) is 13.6. The highest BCUT2D eigenvalue weighted by Gasteiger charge is 2.41. The Kier molecular flexibility index (Phi) is 5.53. The predicted molar refractivity (Wildman–Crippen MR) is 160 cm³/mol. The van der Waals surface area contributed by atoms with Gasteiger partial charge in [0.15, 0.2) is 5.82 Å². The fraction of sp³-hybridized carbons (Fsp3) is 0.0294. The molecule has 7 aromatic rings. The van der Waals surface area contributed by atoms with Crippen molar-refractivity contribution in [2.24, 2.45) is 0 Å². The summed E-state index contributed by atoms with van der Waals surface area (Å²) in [6.45, 7) is 0.